The second-order valence-electron chi connectivity index (χ2n) is 2.79. The average Bonchev–Trinajstić information content (AvgIpc) is 2.71. The first-order valence-corrected chi connectivity index (χ1v) is 4.13. The fraction of sp³-hybridized carbons (Fsp3) is 0.100. The fourth-order valence-electron chi connectivity index (χ4n) is 1.22. The van der Waals surface area contributed by atoms with Crippen LogP contribution in [0.3, 0.4) is 0 Å². The molecule has 0 spiro atoms. The van der Waals surface area contributed by atoms with Gasteiger partial charge in [-0.25, -0.2) is 10.0 Å². The molecule has 2 rings (SSSR count). The summed E-state index contributed by atoms with van der Waals surface area (Å²) < 4.78 is 0. The maximum Gasteiger partial charge on any atom is 0.157 e. The molecular formula is C10H10N2O. The van der Waals surface area contributed by atoms with Crippen LogP contribution >= 0.6 is 0 Å². The molecule has 1 heterocycles. The Morgan fingerprint density at radius 3 is 2.92 bits per heavy atom. The highest BCUT2D eigenvalue weighted by Crippen LogP contribution is 2.19. The topological polar surface area (TPSA) is 36.4 Å². The van der Waals surface area contributed by atoms with Gasteiger partial charge in [-0.05, 0) is 18.2 Å². The summed E-state index contributed by atoms with van der Waals surface area (Å²) >= 11 is 0. The van der Waals surface area contributed by atoms with Crippen molar-refractivity contribution < 1.29 is 5.21 Å². The van der Waals surface area contributed by atoms with Crippen LogP contribution in [0.25, 0.3) is 0 Å². The summed E-state index contributed by atoms with van der Waals surface area (Å²) in [6, 6.07) is 5.42. The quantitative estimate of drug-likeness (QED) is 0.697. The van der Waals surface area contributed by atoms with Gasteiger partial charge in [0.2, 0.25) is 0 Å². The summed E-state index contributed by atoms with van der Waals surface area (Å²) in [5, 5.41) is 10.8. The largest absolute Gasteiger partial charge is 0.282 e. The Morgan fingerprint density at radius 2 is 2.31 bits per heavy atom. The van der Waals surface area contributed by atoms with Gasteiger partial charge in [-0.3, -0.25) is 5.21 Å². The molecule has 1 aromatic rings. The number of pyridine rings is 1. The molecule has 0 aromatic carbocycles. The van der Waals surface area contributed by atoms with Crippen molar-refractivity contribution >= 4 is 5.82 Å². The predicted octanol–water partition coefficient (Wildman–Crippen LogP) is 2.12. The van der Waals surface area contributed by atoms with Crippen LogP contribution in [0.2, 0.25) is 0 Å². The Morgan fingerprint density at radius 1 is 1.38 bits per heavy atom. The molecule has 0 aliphatic heterocycles. The van der Waals surface area contributed by atoms with Gasteiger partial charge in [0.1, 0.15) is 0 Å². The van der Waals surface area contributed by atoms with Gasteiger partial charge in [0.15, 0.2) is 5.82 Å². The van der Waals surface area contributed by atoms with E-state index in [-0.39, 0.29) is 0 Å². The summed E-state index contributed by atoms with van der Waals surface area (Å²) in [5.74, 6) is 0.553. The lowest BCUT2D eigenvalue weighted by atomic mass is 10.3. The third kappa shape index (κ3) is 1.60. The molecule has 0 saturated heterocycles. The maximum atomic E-state index is 9.68. The first kappa shape index (κ1) is 8.01. The van der Waals surface area contributed by atoms with Gasteiger partial charge < -0.3 is 0 Å². The molecule has 3 heteroatoms. The van der Waals surface area contributed by atoms with E-state index in [2.05, 4.69) is 4.98 Å². The van der Waals surface area contributed by atoms with Crippen molar-refractivity contribution in [2.45, 2.75) is 6.42 Å². The second kappa shape index (κ2) is 3.41. The molecule has 0 unspecified atom stereocenters. The zero-order valence-electron chi connectivity index (χ0n) is 7.09. The molecule has 1 N–H and O–H groups in total. The molecule has 66 valence electrons. The Labute approximate surface area is 76.6 Å². The number of nitrogens with zero attached hydrogens (tertiary/aromatic N) is 2. The number of aromatic nitrogens is 1. The molecule has 0 fully saturated rings. The summed E-state index contributed by atoms with van der Waals surface area (Å²) in [5.41, 5.74) is 0.846. The number of rotatable bonds is 2. The van der Waals surface area contributed by atoms with Crippen molar-refractivity contribution in [1.82, 2.24) is 4.98 Å². The minimum Gasteiger partial charge on any atom is -0.282 e. The molecule has 1 aliphatic rings. The van der Waals surface area contributed by atoms with Gasteiger partial charge in [0, 0.05) is 12.6 Å². The highest BCUT2D eigenvalue weighted by Gasteiger charge is 2.09. The first-order valence-electron chi connectivity index (χ1n) is 4.13. The molecule has 0 radical (unpaired) electrons. The lowest BCUT2D eigenvalue weighted by molar-refractivity contribution is 0.279. The summed E-state index contributed by atoms with van der Waals surface area (Å²) in [7, 11) is 0. The van der Waals surface area contributed by atoms with E-state index in [4.69, 9.17) is 0 Å². The van der Waals surface area contributed by atoms with E-state index in [1.54, 1.807) is 12.3 Å². The van der Waals surface area contributed by atoms with Crippen LogP contribution in [0, 0.1) is 0 Å². The molecule has 0 atom stereocenters. The van der Waals surface area contributed by atoms with Gasteiger partial charge >= 0.3 is 0 Å². The SMILES string of the molecule is ON(C1=CC=CC1)c1ccccn1. The maximum absolute atomic E-state index is 9.68. The van der Waals surface area contributed by atoms with E-state index in [1.807, 2.05) is 30.4 Å². The van der Waals surface area contributed by atoms with Gasteiger partial charge in [0.05, 0.1) is 5.70 Å². The Bertz CT molecular complexity index is 343. The lowest BCUT2D eigenvalue weighted by Crippen LogP contribution is -2.16. The number of allylic oxidation sites excluding steroid dienone is 3. The summed E-state index contributed by atoms with van der Waals surface area (Å²) in [6.07, 6.45) is 8.19. The summed E-state index contributed by atoms with van der Waals surface area (Å²) in [4.78, 5) is 4.03. The van der Waals surface area contributed by atoms with E-state index in [0.29, 0.717) is 5.82 Å². The number of hydrogen-bond donors (Lipinski definition) is 1. The molecule has 13 heavy (non-hydrogen) atoms. The van der Waals surface area contributed by atoms with Crippen LogP contribution in [-0.4, -0.2) is 10.2 Å². The molecule has 0 bridgehead atoms. The lowest BCUT2D eigenvalue weighted by Gasteiger charge is -2.16. The highest BCUT2D eigenvalue weighted by molar-refractivity contribution is 5.44. The van der Waals surface area contributed by atoms with Crippen LogP contribution in [0.5, 0.6) is 0 Å². The normalized spacial score (nSPS) is 14.4. The third-order valence-electron chi connectivity index (χ3n) is 1.89. The standard InChI is InChI=1S/C10H10N2O/c13-12(9-5-1-2-6-9)10-7-3-4-8-11-10/h1-5,7-8,13H,6H2. The van der Waals surface area contributed by atoms with Gasteiger partial charge in [-0.2, -0.15) is 0 Å². The van der Waals surface area contributed by atoms with E-state index in [0.717, 1.165) is 17.2 Å². The van der Waals surface area contributed by atoms with Crippen molar-refractivity contribution in [3.05, 3.63) is 48.3 Å². The highest BCUT2D eigenvalue weighted by atomic mass is 16.5. The number of hydrogen-bond acceptors (Lipinski definition) is 3. The fourth-order valence-corrected chi connectivity index (χ4v) is 1.22. The second-order valence-corrected chi connectivity index (χ2v) is 2.79. The van der Waals surface area contributed by atoms with Crippen LogP contribution < -0.4 is 5.06 Å². The third-order valence-corrected chi connectivity index (χ3v) is 1.89. The molecular weight excluding hydrogens is 164 g/mol. The monoisotopic (exact) mass is 174 g/mol. The minimum absolute atomic E-state index is 0.553. The van der Waals surface area contributed by atoms with E-state index in [9.17, 15) is 5.21 Å². The van der Waals surface area contributed by atoms with Crippen molar-refractivity contribution in [2.75, 3.05) is 5.06 Å². The minimum atomic E-state index is 0.553. The summed E-state index contributed by atoms with van der Waals surface area (Å²) in [6.45, 7) is 0. The average molecular weight is 174 g/mol. The van der Waals surface area contributed by atoms with E-state index < -0.39 is 0 Å². The zero-order chi connectivity index (χ0) is 9.10. The van der Waals surface area contributed by atoms with Gasteiger partial charge in [-0.1, -0.05) is 18.2 Å². The number of anilines is 1. The van der Waals surface area contributed by atoms with Crippen molar-refractivity contribution in [1.29, 1.82) is 0 Å². The molecule has 0 amide bonds. The number of hydroxylamine groups is 1. The Balaban J connectivity index is 2.18. The first-order chi connectivity index (χ1) is 6.38. The van der Waals surface area contributed by atoms with Crippen molar-refractivity contribution in [3.63, 3.8) is 0 Å². The molecule has 1 aliphatic carbocycles. The van der Waals surface area contributed by atoms with E-state index >= 15 is 0 Å². The Kier molecular flexibility index (Phi) is 2.10. The zero-order valence-corrected chi connectivity index (χ0v) is 7.09. The molecule has 1 aromatic heterocycles. The predicted molar refractivity (Wildman–Crippen MR) is 50.3 cm³/mol. The van der Waals surface area contributed by atoms with Crippen LogP contribution in [-0.2, 0) is 0 Å². The van der Waals surface area contributed by atoms with Gasteiger partial charge in [0.25, 0.3) is 0 Å². The molecule has 0 saturated carbocycles. The smallest absolute Gasteiger partial charge is 0.157 e. The van der Waals surface area contributed by atoms with Crippen molar-refractivity contribution in [3.8, 4) is 0 Å². The van der Waals surface area contributed by atoms with Crippen molar-refractivity contribution in [2.24, 2.45) is 0 Å². The van der Waals surface area contributed by atoms with Crippen LogP contribution in [0.1, 0.15) is 6.42 Å². The Hall–Kier alpha value is -1.61. The van der Waals surface area contributed by atoms with Crippen LogP contribution in [0.15, 0.2) is 48.3 Å². The van der Waals surface area contributed by atoms with Crippen LogP contribution in [0.4, 0.5) is 5.82 Å². The van der Waals surface area contributed by atoms with E-state index in [1.165, 1.54) is 0 Å². The molecule has 3 nitrogen and oxygen atoms in total. The van der Waals surface area contributed by atoms with Gasteiger partial charge in [-0.15, -0.1) is 0 Å².